The van der Waals surface area contributed by atoms with Gasteiger partial charge in [-0.2, -0.15) is 13.2 Å². The lowest BCUT2D eigenvalue weighted by molar-refractivity contribution is -0.166. The molecule has 0 bridgehead atoms. The van der Waals surface area contributed by atoms with Gasteiger partial charge in [-0.1, -0.05) is 24.3 Å². The molecule has 1 heterocycles. The van der Waals surface area contributed by atoms with Crippen LogP contribution in [0.3, 0.4) is 0 Å². The second-order valence-corrected chi connectivity index (χ2v) is 4.16. The normalized spacial score (nSPS) is 17.9. The number of nitrogens with zero attached hydrogens (tertiary/aromatic N) is 2. The van der Waals surface area contributed by atoms with Gasteiger partial charge >= 0.3 is 17.9 Å². The van der Waals surface area contributed by atoms with Crippen LogP contribution >= 0.6 is 0 Å². The van der Waals surface area contributed by atoms with Gasteiger partial charge in [0.1, 0.15) is 0 Å². The molecule has 1 aromatic carbocycles. The first kappa shape index (κ1) is 13.3. The van der Waals surface area contributed by atoms with Gasteiger partial charge in [0.2, 0.25) is 0 Å². The zero-order valence-electron chi connectivity index (χ0n) is 9.77. The molecule has 0 saturated carbocycles. The van der Waals surface area contributed by atoms with Gasteiger partial charge in [-0.25, -0.2) is 4.79 Å². The molecule has 0 spiro atoms. The summed E-state index contributed by atoms with van der Waals surface area (Å²) in [5.74, 6) is 0. The Morgan fingerprint density at radius 3 is 2.21 bits per heavy atom. The molecule has 2 rings (SSSR count). The first-order chi connectivity index (χ1) is 8.76. The summed E-state index contributed by atoms with van der Waals surface area (Å²) in [5, 5.41) is 16.9. The first-order valence-electron chi connectivity index (χ1n) is 5.37. The van der Waals surface area contributed by atoms with Crippen LogP contribution in [0.5, 0.6) is 0 Å². The van der Waals surface area contributed by atoms with Gasteiger partial charge < -0.3 is 10.4 Å². The Labute approximate surface area is 106 Å². The number of alkyl halides is 3. The molecule has 1 aliphatic rings. The van der Waals surface area contributed by atoms with Crippen LogP contribution in [0.2, 0.25) is 0 Å². The Bertz CT molecular complexity index is 519. The van der Waals surface area contributed by atoms with Gasteiger partial charge in [-0.3, -0.25) is 0 Å². The molecular formula is C11H10F3N3O2. The standard InChI is InChI=1S/C11H10F3N3O2/c1-6(15-9(18)19)7-2-4-8(5-3-7)10(16-17-10)11(12,13)14/h2-6,15H,1H3,(H,18,19). The van der Waals surface area contributed by atoms with Gasteiger partial charge in [-0.05, 0) is 12.5 Å². The Balaban J connectivity index is 2.18. The molecule has 1 aliphatic heterocycles. The van der Waals surface area contributed by atoms with E-state index >= 15 is 0 Å². The summed E-state index contributed by atoms with van der Waals surface area (Å²) >= 11 is 0. The number of carbonyl (C=O) groups is 1. The van der Waals surface area contributed by atoms with E-state index < -0.39 is 24.0 Å². The monoisotopic (exact) mass is 273 g/mol. The quantitative estimate of drug-likeness (QED) is 0.887. The summed E-state index contributed by atoms with van der Waals surface area (Å²) in [6, 6.07) is 4.84. The SMILES string of the molecule is CC(NC(=O)O)c1ccc(C2(C(F)(F)F)N=N2)cc1. The molecule has 0 radical (unpaired) electrons. The maximum atomic E-state index is 12.7. The fourth-order valence-corrected chi connectivity index (χ4v) is 1.72. The van der Waals surface area contributed by atoms with E-state index in [1.165, 1.54) is 24.3 Å². The molecule has 1 amide bonds. The van der Waals surface area contributed by atoms with Crippen molar-refractivity contribution < 1.29 is 23.1 Å². The summed E-state index contributed by atoms with van der Waals surface area (Å²) in [6.07, 6.45) is -5.75. The summed E-state index contributed by atoms with van der Waals surface area (Å²) in [4.78, 5) is 10.5. The number of rotatable bonds is 3. The van der Waals surface area contributed by atoms with E-state index in [4.69, 9.17) is 5.11 Å². The number of hydrogen-bond donors (Lipinski definition) is 2. The maximum absolute atomic E-state index is 12.7. The molecule has 0 aliphatic carbocycles. The van der Waals surface area contributed by atoms with Gasteiger partial charge in [0.05, 0.1) is 6.04 Å². The van der Waals surface area contributed by atoms with Gasteiger partial charge in [0.25, 0.3) is 0 Å². The van der Waals surface area contributed by atoms with Gasteiger partial charge in [0, 0.05) is 5.56 Å². The highest BCUT2D eigenvalue weighted by atomic mass is 19.4. The summed E-state index contributed by atoms with van der Waals surface area (Å²) in [6.45, 7) is 1.59. The number of carboxylic acid groups (broad SMARTS) is 1. The van der Waals surface area contributed by atoms with Crippen LogP contribution in [0.15, 0.2) is 34.5 Å². The van der Waals surface area contributed by atoms with Crippen LogP contribution in [-0.4, -0.2) is 17.4 Å². The van der Waals surface area contributed by atoms with Gasteiger partial charge in [0.15, 0.2) is 0 Å². The predicted molar refractivity (Wildman–Crippen MR) is 58.6 cm³/mol. The molecule has 1 aromatic rings. The van der Waals surface area contributed by atoms with E-state index in [1.54, 1.807) is 6.92 Å². The smallest absolute Gasteiger partial charge is 0.442 e. The first-order valence-corrected chi connectivity index (χ1v) is 5.37. The second kappa shape index (κ2) is 4.22. The molecule has 0 saturated heterocycles. The topological polar surface area (TPSA) is 74.0 Å². The van der Waals surface area contributed by atoms with E-state index in [9.17, 15) is 18.0 Å². The Hall–Kier alpha value is -2.12. The molecular weight excluding hydrogens is 263 g/mol. The Morgan fingerprint density at radius 2 is 1.84 bits per heavy atom. The predicted octanol–water partition coefficient (Wildman–Crippen LogP) is 3.20. The number of halogens is 3. The average molecular weight is 273 g/mol. The zero-order valence-corrected chi connectivity index (χ0v) is 9.77. The van der Waals surface area contributed by atoms with Crippen molar-refractivity contribution >= 4 is 6.09 Å². The maximum Gasteiger partial charge on any atom is 0.442 e. The number of amides is 1. The highest BCUT2D eigenvalue weighted by Crippen LogP contribution is 2.52. The van der Waals surface area contributed by atoms with Crippen molar-refractivity contribution in [2.24, 2.45) is 10.2 Å². The molecule has 0 aromatic heterocycles. The minimum absolute atomic E-state index is 0.0775. The van der Waals surface area contributed by atoms with E-state index in [1.807, 2.05) is 0 Å². The summed E-state index contributed by atoms with van der Waals surface area (Å²) in [7, 11) is 0. The minimum atomic E-state index is -4.56. The number of hydrogen-bond acceptors (Lipinski definition) is 3. The lowest BCUT2D eigenvalue weighted by atomic mass is 9.99. The van der Waals surface area contributed by atoms with Crippen LogP contribution in [0, 0.1) is 0 Å². The van der Waals surface area contributed by atoms with Crippen molar-refractivity contribution in [3.63, 3.8) is 0 Å². The van der Waals surface area contributed by atoms with Crippen molar-refractivity contribution in [3.8, 4) is 0 Å². The van der Waals surface area contributed by atoms with Crippen molar-refractivity contribution in [2.75, 3.05) is 0 Å². The lowest BCUT2D eigenvalue weighted by Crippen LogP contribution is -2.30. The number of nitrogens with one attached hydrogen (secondary N) is 1. The molecule has 0 fully saturated rings. The van der Waals surface area contributed by atoms with Crippen LogP contribution in [-0.2, 0) is 5.66 Å². The van der Waals surface area contributed by atoms with Crippen molar-refractivity contribution in [1.82, 2.24) is 5.32 Å². The van der Waals surface area contributed by atoms with Crippen molar-refractivity contribution in [3.05, 3.63) is 35.4 Å². The van der Waals surface area contributed by atoms with Crippen molar-refractivity contribution in [1.29, 1.82) is 0 Å². The number of benzene rings is 1. The van der Waals surface area contributed by atoms with Crippen molar-refractivity contribution in [2.45, 2.75) is 24.8 Å². The molecule has 102 valence electrons. The van der Waals surface area contributed by atoms with Crippen LogP contribution < -0.4 is 5.32 Å². The third-order valence-corrected chi connectivity index (χ3v) is 2.85. The van der Waals surface area contributed by atoms with Crippen LogP contribution in [0.1, 0.15) is 24.1 Å². The van der Waals surface area contributed by atoms with Crippen LogP contribution in [0.25, 0.3) is 0 Å². The van der Waals surface area contributed by atoms with Gasteiger partial charge in [-0.15, -0.1) is 10.2 Å². The molecule has 19 heavy (non-hydrogen) atoms. The largest absolute Gasteiger partial charge is 0.465 e. The fourth-order valence-electron chi connectivity index (χ4n) is 1.72. The molecule has 8 heteroatoms. The van der Waals surface area contributed by atoms with E-state index in [0.717, 1.165) is 0 Å². The van der Waals surface area contributed by atoms with E-state index in [-0.39, 0.29) is 5.56 Å². The van der Waals surface area contributed by atoms with E-state index in [0.29, 0.717) is 5.56 Å². The highest BCUT2D eigenvalue weighted by molar-refractivity contribution is 5.65. The Morgan fingerprint density at radius 1 is 1.32 bits per heavy atom. The second-order valence-electron chi connectivity index (χ2n) is 4.16. The third kappa shape index (κ3) is 2.38. The Kier molecular flexibility index (Phi) is 2.95. The fraction of sp³-hybridized carbons (Fsp3) is 0.364. The van der Waals surface area contributed by atoms with Crippen LogP contribution in [0.4, 0.5) is 18.0 Å². The lowest BCUT2D eigenvalue weighted by Gasteiger charge is -2.16. The highest BCUT2D eigenvalue weighted by Gasteiger charge is 2.65. The third-order valence-electron chi connectivity index (χ3n) is 2.85. The molecule has 5 nitrogen and oxygen atoms in total. The summed E-state index contributed by atoms with van der Waals surface area (Å²) in [5.41, 5.74) is -1.95. The minimum Gasteiger partial charge on any atom is -0.465 e. The van der Waals surface area contributed by atoms with E-state index in [2.05, 4.69) is 15.5 Å². The zero-order chi connectivity index (χ0) is 14.3. The molecule has 1 unspecified atom stereocenters. The molecule has 2 N–H and O–H groups in total. The molecule has 1 atom stereocenters. The average Bonchev–Trinajstić information content (AvgIpc) is 3.08. The summed E-state index contributed by atoms with van der Waals surface area (Å²) < 4.78 is 38.2.